The molecule has 2 N–H and O–H groups in total. The summed E-state index contributed by atoms with van der Waals surface area (Å²) in [5, 5.41) is 4.54. The minimum atomic E-state index is -0.216. The highest BCUT2D eigenvalue weighted by Crippen LogP contribution is 2.22. The van der Waals surface area contributed by atoms with Crippen molar-refractivity contribution in [2.24, 2.45) is 0 Å². The first-order chi connectivity index (χ1) is 13.3. The molecule has 136 valence electrons. The second-order valence-corrected chi connectivity index (χ2v) is 6.49. The van der Waals surface area contributed by atoms with Gasteiger partial charge in [-0.25, -0.2) is 4.39 Å². The Kier molecular flexibility index (Phi) is 5.17. The summed E-state index contributed by atoms with van der Waals surface area (Å²) < 4.78 is 19.1. The number of para-hydroxylation sites is 1. The van der Waals surface area contributed by atoms with E-state index in [9.17, 15) is 4.39 Å². The van der Waals surface area contributed by atoms with Crippen LogP contribution >= 0.6 is 0 Å². The lowest BCUT2D eigenvalue weighted by Crippen LogP contribution is -2.16. The molecule has 0 unspecified atom stereocenters. The van der Waals surface area contributed by atoms with Gasteiger partial charge in [-0.05, 0) is 66.6 Å². The molecule has 27 heavy (non-hydrogen) atoms. The Morgan fingerprint density at radius 3 is 2.63 bits per heavy atom. The smallest absolute Gasteiger partial charge is 0.127 e. The van der Waals surface area contributed by atoms with Crippen molar-refractivity contribution in [2.75, 3.05) is 6.54 Å². The van der Waals surface area contributed by atoms with E-state index in [0.717, 1.165) is 41.9 Å². The molecule has 3 aromatic carbocycles. The van der Waals surface area contributed by atoms with Crippen molar-refractivity contribution in [3.8, 4) is 11.5 Å². The van der Waals surface area contributed by atoms with Crippen LogP contribution in [-0.4, -0.2) is 11.5 Å². The third-order valence-corrected chi connectivity index (χ3v) is 4.51. The van der Waals surface area contributed by atoms with E-state index < -0.39 is 0 Å². The summed E-state index contributed by atoms with van der Waals surface area (Å²) in [5.74, 6) is 1.45. The van der Waals surface area contributed by atoms with Crippen LogP contribution in [0, 0.1) is 5.82 Å². The number of H-pyrrole nitrogens is 1. The molecule has 4 rings (SSSR count). The molecule has 0 saturated heterocycles. The summed E-state index contributed by atoms with van der Waals surface area (Å²) in [5.41, 5.74) is 3.21. The molecule has 0 aliphatic heterocycles. The number of fused-ring (bicyclic) bond motifs is 1. The van der Waals surface area contributed by atoms with Crippen LogP contribution < -0.4 is 10.1 Å². The lowest BCUT2D eigenvalue weighted by Gasteiger charge is -2.08. The van der Waals surface area contributed by atoms with Crippen molar-refractivity contribution in [1.82, 2.24) is 10.3 Å². The second kappa shape index (κ2) is 8.06. The zero-order chi connectivity index (χ0) is 18.5. The summed E-state index contributed by atoms with van der Waals surface area (Å²) >= 11 is 0. The lowest BCUT2D eigenvalue weighted by molar-refractivity contribution is 0.481. The zero-order valence-electron chi connectivity index (χ0n) is 14.9. The van der Waals surface area contributed by atoms with E-state index in [2.05, 4.69) is 22.4 Å². The first kappa shape index (κ1) is 17.3. The van der Waals surface area contributed by atoms with Crippen LogP contribution in [0.2, 0.25) is 0 Å². The number of hydrogen-bond donors (Lipinski definition) is 2. The number of benzene rings is 3. The second-order valence-electron chi connectivity index (χ2n) is 6.49. The molecule has 3 nitrogen and oxygen atoms in total. The first-order valence-electron chi connectivity index (χ1n) is 9.06. The van der Waals surface area contributed by atoms with E-state index in [1.807, 2.05) is 54.7 Å². The highest BCUT2D eigenvalue weighted by molar-refractivity contribution is 5.83. The van der Waals surface area contributed by atoms with E-state index >= 15 is 0 Å². The van der Waals surface area contributed by atoms with Crippen LogP contribution in [0.4, 0.5) is 4.39 Å². The van der Waals surface area contributed by atoms with E-state index in [0.29, 0.717) is 0 Å². The Balaban J connectivity index is 1.32. The van der Waals surface area contributed by atoms with Crippen molar-refractivity contribution in [3.63, 3.8) is 0 Å². The van der Waals surface area contributed by atoms with Gasteiger partial charge in [-0.2, -0.15) is 0 Å². The molecule has 0 fully saturated rings. The molecule has 0 aliphatic carbocycles. The summed E-state index contributed by atoms with van der Waals surface area (Å²) in [6.07, 6.45) is 2.84. The van der Waals surface area contributed by atoms with Gasteiger partial charge in [-0.3, -0.25) is 0 Å². The lowest BCUT2D eigenvalue weighted by atomic mass is 10.1. The minimum absolute atomic E-state index is 0.216. The largest absolute Gasteiger partial charge is 0.457 e. The predicted molar refractivity (Wildman–Crippen MR) is 107 cm³/mol. The van der Waals surface area contributed by atoms with Crippen LogP contribution in [-0.2, 0) is 13.0 Å². The van der Waals surface area contributed by atoms with Crippen LogP contribution in [0.1, 0.15) is 11.1 Å². The molecular weight excluding hydrogens is 339 g/mol. The van der Waals surface area contributed by atoms with E-state index in [1.165, 1.54) is 23.3 Å². The minimum Gasteiger partial charge on any atom is -0.457 e. The van der Waals surface area contributed by atoms with Gasteiger partial charge in [-0.1, -0.05) is 30.3 Å². The standard InChI is InChI=1S/C23H21FN2O/c24-19-9-10-22-18(16-26-23(22)14-19)11-12-25-15-17-5-4-8-21(13-17)27-20-6-2-1-3-7-20/h1-10,13-14,16,25-26H,11-12,15H2. The number of aromatic nitrogens is 1. The Morgan fingerprint density at radius 1 is 0.889 bits per heavy atom. The molecule has 4 heteroatoms. The Labute approximate surface area is 157 Å². The number of nitrogens with one attached hydrogen (secondary N) is 2. The monoisotopic (exact) mass is 360 g/mol. The maximum atomic E-state index is 13.3. The van der Waals surface area contributed by atoms with Crippen molar-refractivity contribution < 1.29 is 9.13 Å². The molecule has 1 heterocycles. The highest BCUT2D eigenvalue weighted by Gasteiger charge is 2.05. The molecule has 0 saturated carbocycles. The van der Waals surface area contributed by atoms with Crippen molar-refractivity contribution >= 4 is 10.9 Å². The van der Waals surface area contributed by atoms with E-state index in [4.69, 9.17) is 4.74 Å². The molecule has 0 spiro atoms. The summed E-state index contributed by atoms with van der Waals surface area (Å²) in [4.78, 5) is 3.13. The normalized spacial score (nSPS) is 11.0. The van der Waals surface area contributed by atoms with Gasteiger partial charge in [-0.15, -0.1) is 0 Å². The van der Waals surface area contributed by atoms with Gasteiger partial charge in [0, 0.05) is 23.6 Å². The summed E-state index contributed by atoms with van der Waals surface area (Å²) in [7, 11) is 0. The fraction of sp³-hybridized carbons (Fsp3) is 0.130. The number of rotatable bonds is 7. The van der Waals surface area contributed by atoms with Crippen LogP contribution in [0.25, 0.3) is 10.9 Å². The fourth-order valence-electron chi connectivity index (χ4n) is 3.16. The van der Waals surface area contributed by atoms with Crippen LogP contribution in [0.3, 0.4) is 0 Å². The Hall–Kier alpha value is -3.11. The van der Waals surface area contributed by atoms with Crippen molar-refractivity contribution in [1.29, 1.82) is 0 Å². The van der Waals surface area contributed by atoms with Crippen molar-refractivity contribution in [3.05, 3.63) is 95.9 Å². The molecule has 1 aromatic heterocycles. The number of aromatic amines is 1. The Morgan fingerprint density at radius 2 is 1.74 bits per heavy atom. The highest BCUT2D eigenvalue weighted by atomic mass is 19.1. The fourth-order valence-corrected chi connectivity index (χ4v) is 3.16. The van der Waals surface area contributed by atoms with Gasteiger partial charge in [0.1, 0.15) is 17.3 Å². The van der Waals surface area contributed by atoms with Gasteiger partial charge >= 0.3 is 0 Å². The van der Waals surface area contributed by atoms with E-state index in [-0.39, 0.29) is 5.82 Å². The van der Waals surface area contributed by atoms with Gasteiger partial charge in [0.2, 0.25) is 0 Å². The average Bonchev–Trinajstić information content (AvgIpc) is 3.08. The number of hydrogen-bond acceptors (Lipinski definition) is 2. The third kappa shape index (κ3) is 4.36. The topological polar surface area (TPSA) is 37.0 Å². The molecule has 0 amide bonds. The molecule has 0 atom stereocenters. The summed E-state index contributed by atoms with van der Waals surface area (Å²) in [6, 6.07) is 22.7. The first-order valence-corrected chi connectivity index (χ1v) is 9.06. The van der Waals surface area contributed by atoms with Gasteiger partial charge < -0.3 is 15.0 Å². The molecule has 0 radical (unpaired) electrons. The van der Waals surface area contributed by atoms with Gasteiger partial charge in [0.15, 0.2) is 0 Å². The molecule has 4 aromatic rings. The average molecular weight is 360 g/mol. The van der Waals surface area contributed by atoms with Gasteiger partial charge in [0.25, 0.3) is 0 Å². The van der Waals surface area contributed by atoms with Crippen LogP contribution in [0.15, 0.2) is 79.0 Å². The number of ether oxygens (including phenoxy) is 1. The maximum absolute atomic E-state index is 13.3. The number of halogens is 1. The van der Waals surface area contributed by atoms with Gasteiger partial charge in [0.05, 0.1) is 0 Å². The van der Waals surface area contributed by atoms with Crippen LogP contribution in [0.5, 0.6) is 11.5 Å². The molecule has 0 aliphatic rings. The maximum Gasteiger partial charge on any atom is 0.127 e. The predicted octanol–water partition coefficient (Wildman–Crippen LogP) is 5.43. The zero-order valence-corrected chi connectivity index (χ0v) is 14.9. The van der Waals surface area contributed by atoms with E-state index in [1.54, 1.807) is 0 Å². The molecular formula is C23H21FN2O. The van der Waals surface area contributed by atoms with Crippen molar-refractivity contribution in [2.45, 2.75) is 13.0 Å². The molecule has 0 bridgehead atoms. The quantitative estimate of drug-likeness (QED) is 0.431. The summed E-state index contributed by atoms with van der Waals surface area (Å²) in [6.45, 7) is 1.61. The Bertz CT molecular complexity index is 1030. The SMILES string of the molecule is Fc1ccc2c(CCNCc3cccc(Oc4ccccc4)c3)c[nH]c2c1. The third-order valence-electron chi connectivity index (χ3n) is 4.51.